The summed E-state index contributed by atoms with van der Waals surface area (Å²) in [6, 6.07) is 0. The number of hydrogen-bond acceptors (Lipinski definition) is 3. The van der Waals surface area contributed by atoms with Crippen LogP contribution in [-0.4, -0.2) is 17.6 Å². The largest absolute Gasteiger partial charge is 0.462 e. The van der Waals surface area contributed by atoms with E-state index in [1.807, 2.05) is 0 Å². The second-order valence-electron chi connectivity index (χ2n) is 3.27. The van der Waals surface area contributed by atoms with Crippen LogP contribution >= 0.6 is 11.6 Å². The van der Waals surface area contributed by atoms with Crippen LogP contribution < -0.4 is 0 Å². The maximum Gasteiger partial charge on any atom is 0.419 e. The Hall–Kier alpha value is -1.44. The molecule has 0 amide bonds. The zero-order valence-corrected chi connectivity index (χ0v) is 10.1. The zero-order valence-electron chi connectivity index (χ0n) is 9.39. The SMILES string of the molecule is CCOC(=O)c1c(C(F)F)ncc(C(F)(F)F)c1Cl. The van der Waals surface area contributed by atoms with Gasteiger partial charge in [0.1, 0.15) is 11.3 Å². The zero-order chi connectivity index (χ0) is 14.8. The summed E-state index contributed by atoms with van der Waals surface area (Å²) in [7, 11) is 0. The lowest BCUT2D eigenvalue weighted by molar-refractivity contribution is -0.137. The monoisotopic (exact) mass is 303 g/mol. The molecule has 0 saturated heterocycles. The van der Waals surface area contributed by atoms with E-state index in [4.69, 9.17) is 11.6 Å². The Bertz CT molecular complexity index is 490. The molecule has 0 spiro atoms. The van der Waals surface area contributed by atoms with Gasteiger partial charge >= 0.3 is 12.1 Å². The number of carbonyl (C=O) groups is 1. The van der Waals surface area contributed by atoms with Gasteiger partial charge in [-0.3, -0.25) is 4.98 Å². The molecule has 0 unspecified atom stereocenters. The number of aromatic nitrogens is 1. The summed E-state index contributed by atoms with van der Waals surface area (Å²) < 4.78 is 67.3. The summed E-state index contributed by atoms with van der Waals surface area (Å²) in [6.45, 7) is 1.17. The standard InChI is InChI=1S/C10H7ClF5NO2/c1-2-19-9(18)5-6(11)4(10(14,15)16)3-17-7(5)8(12)13/h3,8H,2H2,1H3. The molecule has 0 saturated carbocycles. The molecule has 0 atom stereocenters. The van der Waals surface area contributed by atoms with Gasteiger partial charge < -0.3 is 4.74 Å². The molecule has 9 heteroatoms. The van der Waals surface area contributed by atoms with Crippen LogP contribution in [0, 0.1) is 0 Å². The molecular weight excluding hydrogens is 297 g/mol. The number of nitrogens with zero attached hydrogens (tertiary/aromatic N) is 1. The van der Waals surface area contributed by atoms with Crippen molar-refractivity contribution < 1.29 is 31.5 Å². The van der Waals surface area contributed by atoms with Crippen molar-refractivity contribution in [1.82, 2.24) is 4.98 Å². The molecule has 1 heterocycles. The van der Waals surface area contributed by atoms with Crippen molar-refractivity contribution in [2.75, 3.05) is 6.61 Å². The van der Waals surface area contributed by atoms with Crippen LogP contribution in [0.5, 0.6) is 0 Å². The lowest BCUT2D eigenvalue weighted by Gasteiger charge is -2.14. The van der Waals surface area contributed by atoms with E-state index in [9.17, 15) is 26.7 Å². The summed E-state index contributed by atoms with van der Waals surface area (Å²) in [5, 5.41) is -1.14. The van der Waals surface area contributed by atoms with Gasteiger partial charge in [-0.05, 0) is 6.92 Å². The predicted molar refractivity (Wildman–Crippen MR) is 55.2 cm³/mol. The Balaban J connectivity index is 3.49. The van der Waals surface area contributed by atoms with Gasteiger partial charge in [-0.25, -0.2) is 13.6 Å². The molecule has 0 bridgehead atoms. The van der Waals surface area contributed by atoms with Gasteiger partial charge in [0.15, 0.2) is 0 Å². The van der Waals surface area contributed by atoms with Crippen molar-refractivity contribution in [3.8, 4) is 0 Å². The van der Waals surface area contributed by atoms with Gasteiger partial charge in [0.2, 0.25) is 0 Å². The minimum atomic E-state index is -4.91. The van der Waals surface area contributed by atoms with Crippen LogP contribution in [-0.2, 0) is 10.9 Å². The molecule has 1 rings (SSSR count). The summed E-state index contributed by atoms with van der Waals surface area (Å²) in [6.07, 6.45) is -8.00. The fraction of sp³-hybridized carbons (Fsp3) is 0.400. The predicted octanol–water partition coefficient (Wildman–Crippen LogP) is 3.87. The number of ether oxygens (including phenoxy) is 1. The summed E-state index contributed by atoms with van der Waals surface area (Å²) >= 11 is 5.38. The molecule has 0 aliphatic carbocycles. The van der Waals surface area contributed by atoms with Crippen molar-refractivity contribution >= 4 is 17.6 Å². The number of carbonyl (C=O) groups excluding carboxylic acids is 1. The van der Waals surface area contributed by atoms with Gasteiger partial charge in [0, 0.05) is 6.20 Å². The van der Waals surface area contributed by atoms with Crippen molar-refractivity contribution in [2.24, 2.45) is 0 Å². The van der Waals surface area contributed by atoms with E-state index < -0.39 is 40.4 Å². The fourth-order valence-electron chi connectivity index (χ4n) is 1.26. The first kappa shape index (κ1) is 15.6. The minimum absolute atomic E-state index is 0.159. The minimum Gasteiger partial charge on any atom is -0.462 e. The van der Waals surface area contributed by atoms with Crippen LogP contribution in [0.2, 0.25) is 5.02 Å². The Morgan fingerprint density at radius 3 is 2.47 bits per heavy atom. The number of esters is 1. The smallest absolute Gasteiger partial charge is 0.419 e. The second kappa shape index (κ2) is 5.68. The Kier molecular flexibility index (Phi) is 4.67. The van der Waals surface area contributed by atoms with Crippen LogP contribution in [0.15, 0.2) is 6.20 Å². The first-order chi connectivity index (χ1) is 8.70. The molecule has 106 valence electrons. The van der Waals surface area contributed by atoms with Gasteiger partial charge in [0.05, 0.1) is 17.2 Å². The topological polar surface area (TPSA) is 39.2 Å². The van der Waals surface area contributed by atoms with E-state index in [0.717, 1.165) is 0 Å². The van der Waals surface area contributed by atoms with E-state index in [1.54, 1.807) is 0 Å². The van der Waals surface area contributed by atoms with E-state index in [1.165, 1.54) is 6.92 Å². The van der Waals surface area contributed by atoms with Crippen molar-refractivity contribution in [3.63, 3.8) is 0 Å². The molecule has 1 aromatic rings. The first-order valence-corrected chi connectivity index (χ1v) is 5.28. The highest BCUT2D eigenvalue weighted by atomic mass is 35.5. The Morgan fingerprint density at radius 1 is 1.47 bits per heavy atom. The van der Waals surface area contributed by atoms with E-state index in [2.05, 4.69) is 9.72 Å². The lowest BCUT2D eigenvalue weighted by atomic mass is 10.1. The van der Waals surface area contributed by atoms with E-state index >= 15 is 0 Å². The van der Waals surface area contributed by atoms with Crippen molar-refractivity contribution in [2.45, 2.75) is 19.5 Å². The van der Waals surface area contributed by atoms with E-state index in [-0.39, 0.29) is 12.8 Å². The van der Waals surface area contributed by atoms with Crippen LogP contribution in [0.3, 0.4) is 0 Å². The number of alkyl halides is 5. The molecule has 1 aromatic heterocycles. The lowest BCUT2D eigenvalue weighted by Crippen LogP contribution is -2.16. The quantitative estimate of drug-likeness (QED) is 0.628. The number of pyridine rings is 1. The van der Waals surface area contributed by atoms with Gasteiger partial charge in [-0.15, -0.1) is 0 Å². The fourth-order valence-corrected chi connectivity index (χ4v) is 1.59. The van der Waals surface area contributed by atoms with Gasteiger partial charge in [-0.1, -0.05) is 11.6 Å². The maximum absolute atomic E-state index is 12.6. The van der Waals surface area contributed by atoms with Crippen molar-refractivity contribution in [1.29, 1.82) is 0 Å². The summed E-state index contributed by atoms with van der Waals surface area (Å²) in [4.78, 5) is 14.4. The number of hydrogen-bond donors (Lipinski definition) is 0. The molecule has 19 heavy (non-hydrogen) atoms. The Morgan fingerprint density at radius 2 is 2.05 bits per heavy atom. The molecule has 0 fully saturated rings. The van der Waals surface area contributed by atoms with Crippen LogP contribution in [0.4, 0.5) is 22.0 Å². The second-order valence-corrected chi connectivity index (χ2v) is 3.64. The highest BCUT2D eigenvalue weighted by Crippen LogP contribution is 2.38. The highest BCUT2D eigenvalue weighted by molar-refractivity contribution is 6.34. The molecule has 0 radical (unpaired) electrons. The van der Waals surface area contributed by atoms with Gasteiger partial charge in [0.25, 0.3) is 6.43 Å². The van der Waals surface area contributed by atoms with Crippen LogP contribution in [0.1, 0.15) is 35.0 Å². The molecule has 0 N–H and O–H groups in total. The average Bonchev–Trinajstić information content (AvgIpc) is 2.26. The maximum atomic E-state index is 12.6. The third-order valence-corrected chi connectivity index (χ3v) is 2.43. The molecular formula is C10H7ClF5NO2. The Labute approximate surface area is 109 Å². The summed E-state index contributed by atoms with van der Waals surface area (Å²) in [5.74, 6) is -1.37. The third-order valence-electron chi connectivity index (χ3n) is 2.04. The number of halogens is 6. The third kappa shape index (κ3) is 3.31. The highest BCUT2D eigenvalue weighted by Gasteiger charge is 2.38. The average molecular weight is 304 g/mol. The normalized spacial score (nSPS) is 11.8. The summed E-state index contributed by atoms with van der Waals surface area (Å²) in [5.41, 5.74) is -3.67. The molecule has 0 aliphatic rings. The molecule has 0 aliphatic heterocycles. The first-order valence-electron chi connectivity index (χ1n) is 4.91. The molecule has 3 nitrogen and oxygen atoms in total. The van der Waals surface area contributed by atoms with Gasteiger partial charge in [-0.2, -0.15) is 13.2 Å². The van der Waals surface area contributed by atoms with E-state index in [0.29, 0.717) is 0 Å². The van der Waals surface area contributed by atoms with Crippen LogP contribution in [0.25, 0.3) is 0 Å². The molecule has 0 aromatic carbocycles. The number of rotatable bonds is 3. The van der Waals surface area contributed by atoms with Crippen molar-refractivity contribution in [3.05, 3.63) is 28.0 Å².